The zero-order chi connectivity index (χ0) is 19.2. The Labute approximate surface area is 167 Å². The van der Waals surface area contributed by atoms with Crippen LogP contribution in [0, 0.1) is 0 Å². The maximum absolute atomic E-state index is 12.5. The molecule has 0 aliphatic carbocycles. The molecule has 0 N–H and O–H groups in total. The van der Waals surface area contributed by atoms with Gasteiger partial charge in [0.2, 0.25) is 0 Å². The number of benzene rings is 2. The summed E-state index contributed by atoms with van der Waals surface area (Å²) in [5.41, 5.74) is 1.95. The van der Waals surface area contributed by atoms with E-state index in [-0.39, 0.29) is 24.3 Å². The molecule has 0 unspecified atom stereocenters. The molecule has 1 aliphatic rings. The third kappa shape index (κ3) is 5.25. The van der Waals surface area contributed by atoms with Crippen molar-refractivity contribution in [3.63, 3.8) is 0 Å². The number of nitrogens with zero attached hydrogens (tertiary/aromatic N) is 1. The van der Waals surface area contributed by atoms with Crippen LogP contribution in [0.15, 0.2) is 71.2 Å². The highest BCUT2D eigenvalue weighted by atomic mass is 35.5. The molecule has 0 aromatic heterocycles. The fourth-order valence-electron chi connectivity index (χ4n) is 2.54. The van der Waals surface area contributed by atoms with Crippen molar-refractivity contribution < 1.29 is 14.3 Å². The molecule has 2 aromatic carbocycles. The second-order valence-electron chi connectivity index (χ2n) is 5.93. The van der Waals surface area contributed by atoms with E-state index in [4.69, 9.17) is 16.3 Å². The van der Waals surface area contributed by atoms with Gasteiger partial charge in [-0.15, -0.1) is 0 Å². The highest BCUT2D eigenvalue weighted by Gasteiger charge is 2.34. The topological polar surface area (TPSA) is 46.6 Å². The molecule has 0 radical (unpaired) electrons. The Balaban J connectivity index is 1.60. The predicted octanol–water partition coefficient (Wildman–Crippen LogP) is 5.40. The Kier molecular flexibility index (Phi) is 6.37. The zero-order valence-electron chi connectivity index (χ0n) is 14.7. The number of imide groups is 1. The zero-order valence-corrected chi connectivity index (χ0v) is 16.3. The van der Waals surface area contributed by atoms with Crippen molar-refractivity contribution in [1.82, 2.24) is 4.90 Å². The van der Waals surface area contributed by atoms with Crippen LogP contribution >= 0.6 is 23.4 Å². The summed E-state index contributed by atoms with van der Waals surface area (Å²) in [6, 6.07) is 16.8. The van der Waals surface area contributed by atoms with Crippen molar-refractivity contribution in [2.45, 2.75) is 6.92 Å². The minimum atomic E-state index is -0.287. The van der Waals surface area contributed by atoms with Crippen LogP contribution in [0.5, 0.6) is 5.75 Å². The van der Waals surface area contributed by atoms with Crippen LogP contribution in [0.4, 0.5) is 4.79 Å². The number of rotatable bonds is 6. The first-order chi connectivity index (χ1) is 13.0. The van der Waals surface area contributed by atoms with Gasteiger partial charge >= 0.3 is 0 Å². The normalized spacial score (nSPS) is 16.3. The van der Waals surface area contributed by atoms with Crippen molar-refractivity contribution in [2.75, 3.05) is 13.2 Å². The average Bonchev–Trinajstić information content (AvgIpc) is 2.91. The first kappa shape index (κ1) is 19.3. The largest absolute Gasteiger partial charge is 0.492 e. The summed E-state index contributed by atoms with van der Waals surface area (Å²) in [6.45, 7) is 2.34. The lowest BCUT2D eigenvalue weighted by Crippen LogP contribution is -2.32. The second-order valence-corrected chi connectivity index (χ2v) is 7.36. The molecule has 0 saturated carbocycles. The number of hydrogen-bond donors (Lipinski definition) is 0. The highest BCUT2D eigenvalue weighted by Crippen LogP contribution is 2.31. The minimum Gasteiger partial charge on any atom is -0.492 e. The molecule has 1 aliphatic heterocycles. The molecule has 138 valence electrons. The molecule has 0 spiro atoms. The van der Waals surface area contributed by atoms with Gasteiger partial charge in [-0.1, -0.05) is 48.0 Å². The third-order valence-electron chi connectivity index (χ3n) is 3.82. The number of carbonyl (C=O) groups excluding carboxylic acids is 2. The minimum absolute atomic E-state index is 0.200. The van der Waals surface area contributed by atoms with Gasteiger partial charge < -0.3 is 4.74 Å². The molecule has 2 aromatic rings. The van der Waals surface area contributed by atoms with Gasteiger partial charge in [0, 0.05) is 5.02 Å². The molecule has 3 rings (SSSR count). The summed E-state index contributed by atoms with van der Waals surface area (Å²) < 4.78 is 5.57. The Morgan fingerprint density at radius 2 is 1.81 bits per heavy atom. The molecule has 27 heavy (non-hydrogen) atoms. The van der Waals surface area contributed by atoms with Crippen LogP contribution in [-0.4, -0.2) is 29.2 Å². The molecular formula is C21H18ClNO3S. The molecular weight excluding hydrogens is 382 g/mol. The molecule has 1 fully saturated rings. The molecule has 2 amide bonds. The van der Waals surface area contributed by atoms with Crippen molar-refractivity contribution >= 4 is 40.6 Å². The monoisotopic (exact) mass is 399 g/mol. The van der Waals surface area contributed by atoms with Gasteiger partial charge in [0.05, 0.1) is 11.4 Å². The van der Waals surface area contributed by atoms with Crippen molar-refractivity contribution in [1.29, 1.82) is 0 Å². The van der Waals surface area contributed by atoms with E-state index in [0.717, 1.165) is 22.9 Å². The van der Waals surface area contributed by atoms with Crippen LogP contribution in [0.1, 0.15) is 12.5 Å². The molecule has 1 saturated heterocycles. The summed E-state index contributed by atoms with van der Waals surface area (Å²) in [5.74, 6) is 0.356. The summed E-state index contributed by atoms with van der Waals surface area (Å²) >= 11 is 6.78. The van der Waals surface area contributed by atoms with Crippen molar-refractivity contribution in [3.05, 3.63) is 81.7 Å². The van der Waals surface area contributed by atoms with Crippen LogP contribution in [0.25, 0.3) is 6.08 Å². The predicted molar refractivity (Wildman–Crippen MR) is 110 cm³/mol. The van der Waals surface area contributed by atoms with Gasteiger partial charge in [0.1, 0.15) is 12.4 Å². The summed E-state index contributed by atoms with van der Waals surface area (Å²) in [4.78, 5) is 26.3. The average molecular weight is 400 g/mol. The Hall–Kier alpha value is -2.50. The van der Waals surface area contributed by atoms with Crippen LogP contribution < -0.4 is 4.74 Å². The van der Waals surface area contributed by atoms with Gasteiger partial charge in [-0.25, -0.2) is 0 Å². The molecule has 0 bridgehead atoms. The van der Waals surface area contributed by atoms with Gasteiger partial charge in [-0.2, -0.15) is 0 Å². The smallest absolute Gasteiger partial charge is 0.293 e. The molecule has 4 nitrogen and oxygen atoms in total. The van der Waals surface area contributed by atoms with Crippen molar-refractivity contribution in [3.8, 4) is 5.75 Å². The maximum Gasteiger partial charge on any atom is 0.293 e. The van der Waals surface area contributed by atoms with Crippen LogP contribution in [0.2, 0.25) is 5.02 Å². The number of ether oxygens (including phenoxy) is 1. The van der Waals surface area contributed by atoms with E-state index in [0.29, 0.717) is 15.7 Å². The third-order valence-corrected chi connectivity index (χ3v) is 4.98. The van der Waals surface area contributed by atoms with E-state index < -0.39 is 0 Å². The fourth-order valence-corrected chi connectivity index (χ4v) is 3.58. The standard InChI is InChI=1S/C21H18ClNO3S/c1-15(13-16-5-3-2-4-6-16)14-19-20(24)23(21(25)27-19)11-12-26-18-9-7-17(22)8-10-18/h2-10,13-14H,11-12H2,1H3/b15-13+,19-14-. The summed E-state index contributed by atoms with van der Waals surface area (Å²) in [7, 11) is 0. The van der Waals surface area contributed by atoms with E-state index in [1.165, 1.54) is 4.90 Å². The first-order valence-corrected chi connectivity index (χ1v) is 9.59. The number of halogens is 1. The SMILES string of the molecule is CC(/C=C1\SC(=O)N(CCOc2ccc(Cl)cc2)C1=O)=C\c1ccccc1. The number of thioether (sulfide) groups is 1. The lowest BCUT2D eigenvalue weighted by atomic mass is 10.1. The molecule has 6 heteroatoms. The van der Waals surface area contributed by atoms with E-state index >= 15 is 0 Å². The Morgan fingerprint density at radius 1 is 1.11 bits per heavy atom. The summed E-state index contributed by atoms with van der Waals surface area (Å²) in [5, 5.41) is 0.343. The Morgan fingerprint density at radius 3 is 2.52 bits per heavy atom. The second kappa shape index (κ2) is 8.93. The van der Waals surface area contributed by atoms with E-state index in [2.05, 4.69) is 0 Å². The van der Waals surface area contributed by atoms with Crippen molar-refractivity contribution in [2.24, 2.45) is 0 Å². The number of amides is 2. The molecule has 1 heterocycles. The van der Waals surface area contributed by atoms with E-state index in [1.54, 1.807) is 30.3 Å². The lowest BCUT2D eigenvalue weighted by molar-refractivity contribution is -0.123. The Bertz CT molecular complexity index is 891. The van der Waals surface area contributed by atoms with E-state index in [1.807, 2.05) is 43.3 Å². The van der Waals surface area contributed by atoms with E-state index in [9.17, 15) is 9.59 Å². The van der Waals surface area contributed by atoms with Crippen LogP contribution in [0.3, 0.4) is 0 Å². The van der Waals surface area contributed by atoms with Crippen LogP contribution in [-0.2, 0) is 4.79 Å². The number of hydrogen-bond acceptors (Lipinski definition) is 4. The van der Waals surface area contributed by atoms with Gasteiger partial charge in [0.15, 0.2) is 0 Å². The highest BCUT2D eigenvalue weighted by molar-refractivity contribution is 8.18. The lowest BCUT2D eigenvalue weighted by Gasteiger charge is -2.13. The van der Waals surface area contributed by atoms with Gasteiger partial charge in [0.25, 0.3) is 11.1 Å². The quantitative estimate of drug-likeness (QED) is 0.610. The van der Waals surface area contributed by atoms with Gasteiger partial charge in [-0.3, -0.25) is 14.5 Å². The first-order valence-electron chi connectivity index (χ1n) is 8.40. The number of allylic oxidation sites excluding steroid dienone is 2. The van der Waals surface area contributed by atoms with Gasteiger partial charge in [-0.05, 0) is 60.2 Å². The number of carbonyl (C=O) groups is 2. The molecule has 0 atom stereocenters. The summed E-state index contributed by atoms with van der Waals surface area (Å²) in [6.07, 6.45) is 3.72. The fraction of sp³-hybridized carbons (Fsp3) is 0.143. The maximum atomic E-state index is 12.5.